The highest BCUT2D eigenvalue weighted by molar-refractivity contribution is 7.10. The minimum atomic E-state index is -0.601. The molecule has 0 saturated heterocycles. The van der Waals surface area contributed by atoms with Gasteiger partial charge in [0.1, 0.15) is 6.04 Å². The number of thiophene rings is 1. The molecule has 1 aliphatic rings. The Kier molecular flexibility index (Phi) is 7.24. The smallest absolute Gasteiger partial charge is 0.338 e. The van der Waals surface area contributed by atoms with E-state index in [0.717, 1.165) is 27.5 Å². The van der Waals surface area contributed by atoms with E-state index in [1.807, 2.05) is 60.2 Å². The van der Waals surface area contributed by atoms with Crippen molar-refractivity contribution in [3.63, 3.8) is 0 Å². The van der Waals surface area contributed by atoms with E-state index in [-0.39, 0.29) is 12.2 Å². The Morgan fingerprint density at radius 3 is 2.59 bits per heavy atom. The van der Waals surface area contributed by atoms with E-state index in [9.17, 15) is 14.4 Å². The van der Waals surface area contributed by atoms with Crippen LogP contribution in [0.1, 0.15) is 52.1 Å². The largest absolute Gasteiger partial charge is 0.465 e. The molecule has 5 rings (SSSR count). The van der Waals surface area contributed by atoms with Crippen molar-refractivity contribution in [3.05, 3.63) is 106 Å². The number of thiazole rings is 1. The van der Waals surface area contributed by atoms with E-state index in [4.69, 9.17) is 9.47 Å². The SMILES string of the molecule is CCOC(=O)C1=C(C)N=c2sc(=Cc3cc(C)n(-c4cccc(C(=O)OC)c4)c3C)c(=O)n2C1c1cccs1. The number of rotatable bonds is 6. The third-order valence-electron chi connectivity index (χ3n) is 6.61. The van der Waals surface area contributed by atoms with Gasteiger partial charge >= 0.3 is 11.9 Å². The van der Waals surface area contributed by atoms with Gasteiger partial charge in [0.25, 0.3) is 5.56 Å². The van der Waals surface area contributed by atoms with Crippen molar-refractivity contribution in [1.29, 1.82) is 0 Å². The number of methoxy groups -OCH3 is 1. The highest BCUT2D eigenvalue weighted by Crippen LogP contribution is 2.33. The number of carbonyl (C=O) groups excluding carboxylic acids is 2. The average molecular weight is 562 g/mol. The fraction of sp³-hybridized carbons (Fsp3) is 0.241. The molecule has 1 unspecified atom stereocenters. The molecule has 0 N–H and O–H groups in total. The van der Waals surface area contributed by atoms with Gasteiger partial charge in [0.05, 0.1) is 35.1 Å². The van der Waals surface area contributed by atoms with Gasteiger partial charge in [-0.1, -0.05) is 23.5 Å². The molecule has 1 atom stereocenters. The molecule has 3 aromatic heterocycles. The second kappa shape index (κ2) is 10.6. The number of fused-ring (bicyclic) bond motifs is 1. The van der Waals surface area contributed by atoms with Crippen molar-refractivity contribution < 1.29 is 19.1 Å². The highest BCUT2D eigenvalue weighted by atomic mass is 32.1. The van der Waals surface area contributed by atoms with Gasteiger partial charge in [0, 0.05) is 22.0 Å². The summed E-state index contributed by atoms with van der Waals surface area (Å²) in [4.78, 5) is 44.9. The van der Waals surface area contributed by atoms with Gasteiger partial charge in [-0.3, -0.25) is 9.36 Å². The molecular formula is C29H27N3O5S2. The minimum Gasteiger partial charge on any atom is -0.465 e. The molecule has 39 heavy (non-hydrogen) atoms. The molecule has 1 aliphatic heterocycles. The number of carbonyl (C=O) groups is 2. The summed E-state index contributed by atoms with van der Waals surface area (Å²) in [5.74, 6) is -0.873. The van der Waals surface area contributed by atoms with E-state index in [2.05, 4.69) is 4.99 Å². The standard InChI is InChI=1S/C29H27N3O5S2/c1-6-37-28(35)24-17(3)30-29-32(25(24)22-11-8-12-38-22)26(33)23(39-29)15-20-13-16(2)31(18(20)4)21-10-7-9-19(14-21)27(34)36-5/h7-15,25H,6H2,1-5H3. The summed E-state index contributed by atoms with van der Waals surface area (Å²) < 4.78 is 14.4. The van der Waals surface area contributed by atoms with Crippen LogP contribution in [0.3, 0.4) is 0 Å². The summed E-state index contributed by atoms with van der Waals surface area (Å²) >= 11 is 2.77. The van der Waals surface area contributed by atoms with Crippen molar-refractivity contribution in [2.24, 2.45) is 4.99 Å². The van der Waals surface area contributed by atoms with Gasteiger partial charge in [-0.15, -0.1) is 11.3 Å². The Morgan fingerprint density at radius 2 is 1.90 bits per heavy atom. The molecule has 0 saturated carbocycles. The van der Waals surface area contributed by atoms with Crippen LogP contribution in [0.5, 0.6) is 0 Å². The monoisotopic (exact) mass is 561 g/mol. The summed E-state index contributed by atoms with van der Waals surface area (Å²) in [6, 6.07) is 12.4. The number of hydrogen-bond acceptors (Lipinski definition) is 8. The number of nitrogens with zero attached hydrogens (tertiary/aromatic N) is 3. The van der Waals surface area contributed by atoms with E-state index < -0.39 is 18.0 Å². The summed E-state index contributed by atoms with van der Waals surface area (Å²) in [7, 11) is 1.36. The molecule has 1 aromatic carbocycles. The predicted molar refractivity (Wildman–Crippen MR) is 151 cm³/mol. The van der Waals surface area contributed by atoms with Gasteiger partial charge in [-0.2, -0.15) is 0 Å². The van der Waals surface area contributed by atoms with Gasteiger partial charge in [0.15, 0.2) is 4.80 Å². The molecule has 0 radical (unpaired) electrons. The number of aryl methyl sites for hydroxylation is 1. The van der Waals surface area contributed by atoms with Crippen LogP contribution in [-0.4, -0.2) is 34.8 Å². The van der Waals surface area contributed by atoms with Crippen LogP contribution < -0.4 is 14.9 Å². The third-order valence-corrected chi connectivity index (χ3v) is 8.52. The fourth-order valence-electron chi connectivity index (χ4n) is 4.87. The normalized spacial score (nSPS) is 15.2. The third kappa shape index (κ3) is 4.70. The van der Waals surface area contributed by atoms with Gasteiger partial charge in [-0.25, -0.2) is 14.6 Å². The first kappa shape index (κ1) is 26.6. The van der Waals surface area contributed by atoms with Crippen LogP contribution in [0.15, 0.2) is 68.9 Å². The van der Waals surface area contributed by atoms with Crippen LogP contribution in [0, 0.1) is 13.8 Å². The number of hydrogen-bond donors (Lipinski definition) is 0. The molecule has 10 heteroatoms. The summed E-state index contributed by atoms with van der Waals surface area (Å²) in [5.41, 5.74) is 4.72. The molecule has 0 amide bonds. The van der Waals surface area contributed by atoms with Crippen LogP contribution in [0.25, 0.3) is 11.8 Å². The summed E-state index contributed by atoms with van der Waals surface area (Å²) in [5, 5.41) is 1.92. The Labute approximate surface area is 232 Å². The zero-order chi connectivity index (χ0) is 27.8. The molecular weight excluding hydrogens is 534 g/mol. The van der Waals surface area contributed by atoms with Crippen LogP contribution in [0.4, 0.5) is 0 Å². The fourth-order valence-corrected chi connectivity index (χ4v) is 6.73. The van der Waals surface area contributed by atoms with Crippen LogP contribution in [0.2, 0.25) is 0 Å². The quantitative estimate of drug-likeness (QED) is 0.331. The van der Waals surface area contributed by atoms with Crippen LogP contribution >= 0.6 is 22.7 Å². The van der Waals surface area contributed by atoms with E-state index in [0.29, 0.717) is 26.2 Å². The topological polar surface area (TPSA) is 91.9 Å². The van der Waals surface area contributed by atoms with Crippen molar-refractivity contribution in [2.45, 2.75) is 33.7 Å². The first-order valence-corrected chi connectivity index (χ1v) is 14.1. The lowest BCUT2D eigenvalue weighted by molar-refractivity contribution is -0.139. The maximum atomic E-state index is 13.8. The van der Waals surface area contributed by atoms with Gasteiger partial charge in [0.2, 0.25) is 0 Å². The number of aromatic nitrogens is 2. The Morgan fingerprint density at radius 1 is 1.10 bits per heavy atom. The van der Waals surface area contributed by atoms with E-state index >= 15 is 0 Å². The molecule has 4 aromatic rings. The van der Waals surface area contributed by atoms with Crippen molar-refractivity contribution in [3.8, 4) is 5.69 Å². The highest BCUT2D eigenvalue weighted by Gasteiger charge is 2.34. The average Bonchev–Trinajstić information content (AvgIpc) is 3.62. The molecule has 4 heterocycles. The second-order valence-corrected chi connectivity index (χ2v) is 11.0. The van der Waals surface area contributed by atoms with Crippen LogP contribution in [-0.2, 0) is 14.3 Å². The van der Waals surface area contributed by atoms with Crippen molar-refractivity contribution in [1.82, 2.24) is 9.13 Å². The molecule has 0 aliphatic carbocycles. The lowest BCUT2D eigenvalue weighted by Crippen LogP contribution is -2.39. The predicted octanol–water partition coefficient (Wildman–Crippen LogP) is 4.05. The summed E-state index contributed by atoms with van der Waals surface area (Å²) in [6.45, 7) is 7.71. The van der Waals surface area contributed by atoms with E-state index in [1.165, 1.54) is 29.8 Å². The first-order chi connectivity index (χ1) is 18.7. The van der Waals surface area contributed by atoms with Gasteiger partial charge in [-0.05, 0) is 75.0 Å². The molecule has 0 bridgehead atoms. The molecule has 200 valence electrons. The number of ether oxygens (including phenoxy) is 2. The zero-order valence-corrected chi connectivity index (χ0v) is 23.8. The zero-order valence-electron chi connectivity index (χ0n) is 22.2. The molecule has 0 fully saturated rings. The Balaban J connectivity index is 1.65. The molecule has 8 nitrogen and oxygen atoms in total. The lowest BCUT2D eigenvalue weighted by Gasteiger charge is -2.23. The van der Waals surface area contributed by atoms with Crippen molar-refractivity contribution >= 4 is 40.7 Å². The first-order valence-electron chi connectivity index (χ1n) is 12.4. The number of benzene rings is 1. The Hall–Kier alpha value is -4.02. The maximum absolute atomic E-state index is 13.8. The number of esters is 2. The summed E-state index contributed by atoms with van der Waals surface area (Å²) in [6.07, 6.45) is 1.86. The lowest BCUT2D eigenvalue weighted by atomic mass is 10.0. The molecule has 0 spiro atoms. The second-order valence-electron chi connectivity index (χ2n) is 9.02. The minimum absolute atomic E-state index is 0.219. The van der Waals surface area contributed by atoms with Crippen molar-refractivity contribution in [2.75, 3.05) is 13.7 Å². The van der Waals surface area contributed by atoms with E-state index in [1.54, 1.807) is 30.5 Å². The van der Waals surface area contributed by atoms with Gasteiger partial charge < -0.3 is 14.0 Å². The maximum Gasteiger partial charge on any atom is 0.338 e. The number of allylic oxidation sites excluding steroid dienone is 1. The Bertz CT molecular complexity index is 1810.